The van der Waals surface area contributed by atoms with Gasteiger partial charge in [0.1, 0.15) is 4.90 Å². The first kappa shape index (κ1) is 18.1. The number of aliphatic hydroxyl groups is 1. The first-order valence-corrected chi connectivity index (χ1v) is 8.47. The molecule has 1 atom stereocenters. The number of hydrogen-bond donors (Lipinski definition) is 3. The lowest BCUT2D eigenvalue weighted by molar-refractivity contribution is 0.0436. The van der Waals surface area contributed by atoms with Crippen molar-refractivity contribution < 1.29 is 27.8 Å². The van der Waals surface area contributed by atoms with Crippen LogP contribution < -0.4 is 4.72 Å². The first-order chi connectivity index (χ1) is 9.44. The van der Waals surface area contributed by atoms with Crippen molar-refractivity contribution in [2.24, 2.45) is 5.92 Å². The average molecular weight is 384 g/mol. The zero-order chi connectivity index (χ0) is 16.4. The van der Waals surface area contributed by atoms with Gasteiger partial charge in [-0.2, -0.15) is 0 Å². The molecule has 9 heteroatoms. The third-order valence-corrected chi connectivity index (χ3v) is 4.90. The minimum Gasteiger partial charge on any atom is -0.475 e. The van der Waals surface area contributed by atoms with Gasteiger partial charge in [0.15, 0.2) is 4.67 Å². The van der Waals surface area contributed by atoms with Crippen LogP contribution in [0.4, 0.5) is 0 Å². The van der Waals surface area contributed by atoms with E-state index in [2.05, 4.69) is 20.7 Å². The Morgan fingerprint density at radius 2 is 2.10 bits per heavy atom. The molecule has 1 heterocycles. The van der Waals surface area contributed by atoms with Crippen LogP contribution in [0.3, 0.4) is 0 Å². The minimum atomic E-state index is -3.99. The molecular formula is C12H18BrNO6S. The lowest BCUT2D eigenvalue weighted by Crippen LogP contribution is -2.41. The second kappa shape index (κ2) is 6.47. The van der Waals surface area contributed by atoms with E-state index in [4.69, 9.17) is 9.52 Å². The molecule has 0 radical (unpaired) electrons. The lowest BCUT2D eigenvalue weighted by Gasteiger charge is -2.25. The van der Waals surface area contributed by atoms with Gasteiger partial charge in [-0.05, 0) is 35.2 Å². The van der Waals surface area contributed by atoms with E-state index in [9.17, 15) is 18.3 Å². The van der Waals surface area contributed by atoms with Gasteiger partial charge in [-0.1, -0.05) is 13.8 Å². The van der Waals surface area contributed by atoms with Crippen molar-refractivity contribution in [2.45, 2.75) is 37.7 Å². The summed E-state index contributed by atoms with van der Waals surface area (Å²) in [5, 5.41) is 18.9. The fourth-order valence-electron chi connectivity index (χ4n) is 1.92. The SMILES string of the molecule is CC(C)CC(C)(O)CNS(=O)(=O)c1cc(C(=O)O)oc1Br. The molecule has 0 saturated carbocycles. The summed E-state index contributed by atoms with van der Waals surface area (Å²) in [7, 11) is -3.99. The number of aromatic carboxylic acids is 1. The fourth-order valence-corrected chi connectivity index (χ4v) is 4.02. The number of rotatable bonds is 7. The zero-order valence-electron chi connectivity index (χ0n) is 11.9. The monoisotopic (exact) mass is 383 g/mol. The van der Waals surface area contributed by atoms with Crippen molar-refractivity contribution in [3.63, 3.8) is 0 Å². The molecule has 3 N–H and O–H groups in total. The number of carboxylic acid groups (broad SMARTS) is 1. The topological polar surface area (TPSA) is 117 Å². The molecule has 0 aliphatic carbocycles. The Balaban J connectivity index is 2.90. The molecule has 7 nitrogen and oxygen atoms in total. The van der Waals surface area contributed by atoms with Crippen LogP contribution in [-0.4, -0.2) is 36.7 Å². The summed E-state index contributed by atoms with van der Waals surface area (Å²) >= 11 is 2.87. The Hall–Kier alpha value is -0.900. The standard InChI is InChI=1S/C12H18BrNO6S/c1-7(2)5-12(3,17)6-14-21(18,19)9-4-8(11(15)16)20-10(9)13/h4,7,14,17H,5-6H2,1-3H3,(H,15,16). The molecule has 0 aliphatic rings. The molecule has 0 fully saturated rings. The van der Waals surface area contributed by atoms with Crippen LogP contribution in [0.15, 0.2) is 20.0 Å². The van der Waals surface area contributed by atoms with Gasteiger partial charge in [0.25, 0.3) is 0 Å². The van der Waals surface area contributed by atoms with Crippen molar-refractivity contribution in [2.75, 3.05) is 6.54 Å². The minimum absolute atomic E-state index is 0.187. The largest absolute Gasteiger partial charge is 0.475 e. The predicted molar refractivity (Wildman–Crippen MR) is 78.6 cm³/mol. The van der Waals surface area contributed by atoms with Crippen LogP contribution in [0.25, 0.3) is 0 Å². The Kier molecular flexibility index (Phi) is 5.59. The van der Waals surface area contributed by atoms with Gasteiger partial charge in [0.05, 0.1) is 5.60 Å². The molecule has 21 heavy (non-hydrogen) atoms. The van der Waals surface area contributed by atoms with E-state index >= 15 is 0 Å². The third-order valence-electron chi connectivity index (χ3n) is 2.65. The van der Waals surface area contributed by atoms with Gasteiger partial charge in [0, 0.05) is 12.6 Å². The number of sulfonamides is 1. The summed E-state index contributed by atoms with van der Waals surface area (Å²) in [5.74, 6) is -1.66. The van der Waals surface area contributed by atoms with E-state index in [0.29, 0.717) is 6.42 Å². The molecule has 0 saturated heterocycles. The number of hydrogen-bond acceptors (Lipinski definition) is 5. The number of halogens is 1. The van der Waals surface area contributed by atoms with Crippen molar-refractivity contribution in [3.8, 4) is 0 Å². The van der Waals surface area contributed by atoms with Crippen molar-refractivity contribution in [1.82, 2.24) is 4.72 Å². The molecule has 0 aliphatic heterocycles. The van der Waals surface area contributed by atoms with Gasteiger partial charge < -0.3 is 14.6 Å². The van der Waals surface area contributed by atoms with Gasteiger partial charge in [-0.3, -0.25) is 0 Å². The molecule has 120 valence electrons. The first-order valence-electron chi connectivity index (χ1n) is 6.19. The van der Waals surface area contributed by atoms with E-state index in [0.717, 1.165) is 6.07 Å². The highest BCUT2D eigenvalue weighted by molar-refractivity contribution is 9.10. The molecule has 0 aromatic carbocycles. The smallest absolute Gasteiger partial charge is 0.371 e. The van der Waals surface area contributed by atoms with Crippen molar-refractivity contribution >= 4 is 31.9 Å². The molecule has 0 spiro atoms. The van der Waals surface area contributed by atoms with E-state index in [1.165, 1.54) is 6.92 Å². The van der Waals surface area contributed by atoms with E-state index < -0.39 is 27.4 Å². The molecule has 0 amide bonds. The van der Waals surface area contributed by atoms with Crippen LogP contribution in [0.1, 0.15) is 37.7 Å². The Morgan fingerprint density at radius 1 is 1.52 bits per heavy atom. The number of carbonyl (C=O) groups is 1. The van der Waals surface area contributed by atoms with E-state index in [-0.39, 0.29) is 22.0 Å². The van der Waals surface area contributed by atoms with Crippen LogP contribution in [0.2, 0.25) is 0 Å². The quantitative estimate of drug-likeness (QED) is 0.660. The number of nitrogens with one attached hydrogen (secondary N) is 1. The summed E-state index contributed by atoms with van der Waals surface area (Å²) in [5.41, 5.74) is -1.20. The maximum absolute atomic E-state index is 12.1. The van der Waals surface area contributed by atoms with Crippen molar-refractivity contribution in [1.29, 1.82) is 0 Å². The van der Waals surface area contributed by atoms with Crippen LogP contribution in [0, 0.1) is 5.92 Å². The van der Waals surface area contributed by atoms with E-state index in [1.54, 1.807) is 0 Å². The van der Waals surface area contributed by atoms with Crippen LogP contribution in [-0.2, 0) is 10.0 Å². The maximum Gasteiger partial charge on any atom is 0.371 e. The summed E-state index contributed by atoms with van der Waals surface area (Å²) < 4.78 is 31.1. The van der Waals surface area contributed by atoms with E-state index in [1.807, 2.05) is 13.8 Å². The Bertz CT molecular complexity index is 620. The van der Waals surface area contributed by atoms with Crippen molar-refractivity contribution in [3.05, 3.63) is 16.5 Å². The van der Waals surface area contributed by atoms with Gasteiger partial charge in [0.2, 0.25) is 15.8 Å². The van der Waals surface area contributed by atoms with Gasteiger partial charge >= 0.3 is 5.97 Å². The summed E-state index contributed by atoms with van der Waals surface area (Å²) in [6, 6.07) is 0.909. The molecule has 1 aromatic heterocycles. The molecule has 0 bridgehead atoms. The number of carboxylic acids is 1. The molecule has 1 rings (SSSR count). The van der Waals surface area contributed by atoms with Crippen LogP contribution in [0.5, 0.6) is 0 Å². The fraction of sp³-hybridized carbons (Fsp3) is 0.583. The lowest BCUT2D eigenvalue weighted by atomic mass is 9.95. The Morgan fingerprint density at radius 3 is 2.52 bits per heavy atom. The summed E-state index contributed by atoms with van der Waals surface area (Å²) in [4.78, 5) is 10.4. The maximum atomic E-state index is 12.1. The normalized spacial score (nSPS) is 15.1. The summed E-state index contributed by atoms with van der Waals surface area (Å²) in [6.45, 7) is 5.17. The second-order valence-corrected chi connectivity index (χ2v) is 7.93. The average Bonchev–Trinajstić information content (AvgIpc) is 2.68. The van der Waals surface area contributed by atoms with Gasteiger partial charge in [-0.25, -0.2) is 17.9 Å². The number of furan rings is 1. The molecule has 1 unspecified atom stereocenters. The zero-order valence-corrected chi connectivity index (χ0v) is 14.3. The molecular weight excluding hydrogens is 366 g/mol. The Labute approximate surface area is 131 Å². The summed E-state index contributed by atoms with van der Waals surface area (Å²) in [6.07, 6.45) is 0.419. The third kappa shape index (κ3) is 5.10. The highest BCUT2D eigenvalue weighted by Gasteiger charge is 2.28. The molecule has 1 aromatic rings. The highest BCUT2D eigenvalue weighted by atomic mass is 79.9. The highest BCUT2D eigenvalue weighted by Crippen LogP contribution is 2.26. The van der Waals surface area contributed by atoms with Crippen LogP contribution >= 0.6 is 15.9 Å². The van der Waals surface area contributed by atoms with Gasteiger partial charge in [-0.15, -0.1) is 0 Å². The predicted octanol–water partition coefficient (Wildman–Crippen LogP) is 1.82. The second-order valence-electron chi connectivity index (χ2n) is 5.47.